The number of nitrogens with zero attached hydrogens (tertiary/aromatic N) is 2. The fourth-order valence-corrected chi connectivity index (χ4v) is 4.47. The summed E-state index contributed by atoms with van der Waals surface area (Å²) < 4.78 is 7.75. The van der Waals surface area contributed by atoms with Crippen LogP contribution >= 0.6 is 23.2 Å². The van der Waals surface area contributed by atoms with Crippen molar-refractivity contribution in [3.63, 3.8) is 0 Å². The average Bonchev–Trinajstić information content (AvgIpc) is 3.29. The molecule has 178 valence electrons. The highest BCUT2D eigenvalue weighted by atomic mass is 35.5. The molecule has 4 aromatic carbocycles. The smallest absolute Gasteiger partial charge is 0.139 e. The van der Waals surface area contributed by atoms with Gasteiger partial charge in [0.1, 0.15) is 24.5 Å². The maximum absolute atomic E-state index is 11.2. The maximum Gasteiger partial charge on any atom is 0.139 e. The van der Waals surface area contributed by atoms with E-state index in [9.17, 15) is 4.79 Å². The number of benzene rings is 4. The Balaban J connectivity index is 1.36. The van der Waals surface area contributed by atoms with Gasteiger partial charge in [0.2, 0.25) is 0 Å². The predicted octanol–water partition coefficient (Wildman–Crippen LogP) is 7.96. The molecule has 5 aromatic rings. The van der Waals surface area contributed by atoms with Crippen LogP contribution in [0.1, 0.15) is 17.0 Å². The van der Waals surface area contributed by atoms with Crippen molar-refractivity contribution in [3.05, 3.63) is 118 Å². The van der Waals surface area contributed by atoms with Gasteiger partial charge in [-0.1, -0.05) is 77.8 Å². The number of rotatable bonds is 8. The second-order valence-corrected chi connectivity index (χ2v) is 9.15. The van der Waals surface area contributed by atoms with Crippen LogP contribution in [0, 0.1) is 0 Å². The minimum atomic E-state index is 0.196. The van der Waals surface area contributed by atoms with E-state index < -0.39 is 0 Å². The van der Waals surface area contributed by atoms with Crippen molar-refractivity contribution in [2.24, 2.45) is 0 Å². The van der Waals surface area contributed by atoms with E-state index in [-0.39, 0.29) is 6.54 Å². The highest BCUT2D eigenvalue weighted by Crippen LogP contribution is 2.30. The predicted molar refractivity (Wildman–Crippen MR) is 147 cm³/mol. The van der Waals surface area contributed by atoms with Crippen molar-refractivity contribution in [2.75, 3.05) is 0 Å². The van der Waals surface area contributed by atoms with Crippen LogP contribution in [0.15, 0.2) is 91.1 Å². The van der Waals surface area contributed by atoms with Gasteiger partial charge in [-0.2, -0.15) is 0 Å². The fraction of sp³-hybridized carbons (Fsp3) is 0.0667. The molecule has 0 spiro atoms. The second-order valence-electron chi connectivity index (χ2n) is 8.30. The molecule has 0 N–H and O–H groups in total. The first-order chi connectivity index (χ1) is 17.6. The molecule has 0 fully saturated rings. The van der Waals surface area contributed by atoms with E-state index >= 15 is 0 Å². The number of hydrogen-bond acceptors (Lipinski definition) is 3. The molecule has 1 aromatic heterocycles. The van der Waals surface area contributed by atoms with E-state index in [1.165, 1.54) is 0 Å². The minimum absolute atomic E-state index is 0.196. The van der Waals surface area contributed by atoms with Gasteiger partial charge in [0, 0.05) is 16.8 Å². The second kappa shape index (κ2) is 10.8. The molecule has 1 heterocycles. The van der Waals surface area contributed by atoms with E-state index in [4.69, 9.17) is 32.9 Å². The minimum Gasteiger partial charge on any atom is -0.489 e. The fourth-order valence-electron chi connectivity index (χ4n) is 3.96. The maximum atomic E-state index is 11.2. The highest BCUT2D eigenvalue weighted by Gasteiger charge is 2.11. The van der Waals surface area contributed by atoms with Crippen LogP contribution < -0.4 is 4.74 Å². The molecule has 0 aliphatic carbocycles. The molecule has 0 saturated heterocycles. The normalized spacial score (nSPS) is 11.3. The number of carbonyl (C=O) groups excluding carboxylic acids is 1. The summed E-state index contributed by atoms with van der Waals surface area (Å²) in [6, 6.07) is 27.7. The largest absolute Gasteiger partial charge is 0.489 e. The van der Waals surface area contributed by atoms with Crippen LogP contribution in [0.3, 0.4) is 0 Å². The van der Waals surface area contributed by atoms with Crippen LogP contribution in [-0.4, -0.2) is 15.8 Å². The molecule has 0 aliphatic heterocycles. The lowest BCUT2D eigenvalue weighted by atomic mass is 10.1. The molecule has 6 heteroatoms. The summed E-state index contributed by atoms with van der Waals surface area (Å²) in [6.45, 7) is 0.727. The zero-order valence-corrected chi connectivity index (χ0v) is 20.8. The SMILES string of the molecule is O=CCn1cc(-c2ccc(Cl)cc2Cl)nc1/C=C/c1ccc2cc(OCc3ccccc3)ccc2c1. The lowest BCUT2D eigenvalue weighted by molar-refractivity contribution is -0.108. The van der Waals surface area contributed by atoms with Gasteiger partial charge in [-0.15, -0.1) is 0 Å². The molecule has 0 aliphatic rings. The number of aromatic nitrogens is 2. The Hall–Kier alpha value is -3.86. The third-order valence-corrected chi connectivity index (χ3v) is 6.34. The van der Waals surface area contributed by atoms with E-state index in [0.29, 0.717) is 28.2 Å². The van der Waals surface area contributed by atoms with E-state index in [1.807, 2.05) is 72.9 Å². The zero-order valence-electron chi connectivity index (χ0n) is 19.3. The Labute approximate surface area is 219 Å². The molecular formula is C30H22Cl2N2O2. The summed E-state index contributed by atoms with van der Waals surface area (Å²) in [4.78, 5) is 15.9. The Bertz CT molecular complexity index is 1560. The van der Waals surface area contributed by atoms with Crippen molar-refractivity contribution < 1.29 is 9.53 Å². The molecule has 0 unspecified atom stereocenters. The number of hydrogen-bond donors (Lipinski definition) is 0. The van der Waals surface area contributed by atoms with Gasteiger partial charge in [-0.05, 0) is 64.4 Å². The number of imidazole rings is 1. The summed E-state index contributed by atoms with van der Waals surface area (Å²) in [5, 5.41) is 3.27. The Morgan fingerprint density at radius 2 is 1.67 bits per heavy atom. The van der Waals surface area contributed by atoms with Gasteiger partial charge in [0.15, 0.2) is 0 Å². The lowest BCUT2D eigenvalue weighted by Gasteiger charge is -2.08. The number of ether oxygens (including phenoxy) is 1. The molecule has 5 rings (SSSR count). The van der Waals surface area contributed by atoms with Crippen molar-refractivity contribution in [2.45, 2.75) is 13.2 Å². The van der Waals surface area contributed by atoms with Crippen LogP contribution in [0.5, 0.6) is 5.75 Å². The van der Waals surface area contributed by atoms with E-state index in [2.05, 4.69) is 18.2 Å². The van der Waals surface area contributed by atoms with Gasteiger partial charge >= 0.3 is 0 Å². The number of carbonyl (C=O) groups is 1. The molecule has 0 amide bonds. The first-order valence-corrected chi connectivity index (χ1v) is 12.2. The molecule has 4 nitrogen and oxygen atoms in total. The summed E-state index contributed by atoms with van der Waals surface area (Å²) in [5.74, 6) is 1.49. The number of fused-ring (bicyclic) bond motifs is 1. The molecular weight excluding hydrogens is 491 g/mol. The van der Waals surface area contributed by atoms with Crippen LogP contribution in [0.25, 0.3) is 34.2 Å². The summed E-state index contributed by atoms with van der Waals surface area (Å²) >= 11 is 12.4. The average molecular weight is 513 g/mol. The zero-order chi connectivity index (χ0) is 24.9. The third-order valence-electron chi connectivity index (χ3n) is 5.79. The van der Waals surface area contributed by atoms with Crippen molar-refractivity contribution >= 4 is 52.4 Å². The quantitative estimate of drug-likeness (QED) is 0.198. The molecule has 0 saturated carbocycles. The first-order valence-electron chi connectivity index (χ1n) is 11.4. The molecule has 36 heavy (non-hydrogen) atoms. The van der Waals surface area contributed by atoms with Crippen molar-refractivity contribution in [3.8, 4) is 17.0 Å². The van der Waals surface area contributed by atoms with Crippen molar-refractivity contribution in [1.82, 2.24) is 9.55 Å². The van der Waals surface area contributed by atoms with Gasteiger partial charge in [0.25, 0.3) is 0 Å². The summed E-state index contributed by atoms with van der Waals surface area (Å²) in [7, 11) is 0. The van der Waals surface area contributed by atoms with Crippen molar-refractivity contribution in [1.29, 1.82) is 0 Å². The Morgan fingerprint density at radius 3 is 2.47 bits per heavy atom. The van der Waals surface area contributed by atoms with Gasteiger partial charge in [0.05, 0.1) is 17.3 Å². The van der Waals surface area contributed by atoms with Gasteiger partial charge < -0.3 is 14.1 Å². The Morgan fingerprint density at radius 1 is 0.861 bits per heavy atom. The monoisotopic (exact) mass is 512 g/mol. The number of halogens is 2. The molecule has 0 bridgehead atoms. The highest BCUT2D eigenvalue weighted by molar-refractivity contribution is 6.36. The van der Waals surface area contributed by atoms with Crippen LogP contribution in [-0.2, 0) is 17.9 Å². The third kappa shape index (κ3) is 5.51. The molecule has 0 radical (unpaired) electrons. The van der Waals surface area contributed by atoms with Crippen LogP contribution in [0.2, 0.25) is 10.0 Å². The summed E-state index contributed by atoms with van der Waals surface area (Å²) in [5.41, 5.74) is 3.59. The van der Waals surface area contributed by atoms with Crippen LogP contribution in [0.4, 0.5) is 0 Å². The van der Waals surface area contributed by atoms with Gasteiger partial charge in [-0.3, -0.25) is 0 Å². The van der Waals surface area contributed by atoms with E-state index in [1.54, 1.807) is 16.7 Å². The topological polar surface area (TPSA) is 44.1 Å². The first kappa shape index (κ1) is 23.9. The Kier molecular flexibility index (Phi) is 7.17. The molecule has 0 atom stereocenters. The van der Waals surface area contributed by atoms with E-state index in [0.717, 1.165) is 39.5 Å². The van der Waals surface area contributed by atoms with Gasteiger partial charge in [-0.25, -0.2) is 4.98 Å². The number of aldehydes is 1. The summed E-state index contributed by atoms with van der Waals surface area (Å²) in [6.07, 6.45) is 6.55. The lowest BCUT2D eigenvalue weighted by Crippen LogP contribution is -1.99. The standard InChI is InChI=1S/C30H22Cl2N2O2/c31-25-10-12-27(28(32)18-25)29-19-34(14-15-35)30(33-29)13-7-21-6-8-24-17-26(11-9-23(24)16-21)36-20-22-4-2-1-3-5-22/h1-13,15-19H,14,20H2/b13-7+.